The van der Waals surface area contributed by atoms with Crippen LogP contribution in [0.3, 0.4) is 0 Å². The van der Waals surface area contributed by atoms with E-state index in [1.54, 1.807) is 0 Å². The molecule has 0 amide bonds. The zero-order chi connectivity index (χ0) is 12.5. The zero-order valence-electron chi connectivity index (χ0n) is 11.1. The van der Waals surface area contributed by atoms with E-state index in [9.17, 15) is 0 Å². The minimum atomic E-state index is -4.81. The fourth-order valence-corrected chi connectivity index (χ4v) is 10.7. The van der Waals surface area contributed by atoms with E-state index in [0.717, 1.165) is 0 Å². The molecule has 0 N–H and O–H groups in total. The molecule has 0 radical (unpaired) electrons. The molecule has 5 nitrogen and oxygen atoms in total. The van der Waals surface area contributed by atoms with Crippen LogP contribution in [-0.4, -0.2) is 52.1 Å². The van der Waals surface area contributed by atoms with Gasteiger partial charge in [0.1, 0.15) is 0 Å². The molecule has 16 heavy (non-hydrogen) atoms. The van der Waals surface area contributed by atoms with Crippen molar-refractivity contribution in [2.24, 2.45) is 0 Å². The molecule has 0 aliphatic rings. The van der Waals surface area contributed by atoms with Gasteiger partial charge in [0.25, 0.3) is 0 Å². The van der Waals surface area contributed by atoms with E-state index in [-0.39, 0.29) is 0 Å². The first-order valence-electron chi connectivity index (χ1n) is 6.00. The van der Waals surface area contributed by atoms with Crippen LogP contribution in [0.15, 0.2) is 0 Å². The van der Waals surface area contributed by atoms with Crippen LogP contribution < -0.4 is 0 Å². The average molecular weight is 344 g/mol. The summed E-state index contributed by atoms with van der Waals surface area (Å²) in [4.78, 5) is 0. The molecule has 0 aromatic carbocycles. The Morgan fingerprint density at radius 3 is 0.812 bits per heavy atom. The van der Waals surface area contributed by atoms with Crippen molar-refractivity contribution in [1.29, 1.82) is 0 Å². The van der Waals surface area contributed by atoms with Crippen molar-refractivity contribution in [2.75, 3.05) is 33.0 Å². The second-order valence-corrected chi connectivity index (χ2v) is 11.9. The van der Waals surface area contributed by atoms with E-state index in [2.05, 4.69) is 0 Å². The van der Waals surface area contributed by atoms with Crippen LogP contribution >= 0.6 is 0 Å². The Morgan fingerprint density at radius 1 is 0.500 bits per heavy atom. The summed E-state index contributed by atoms with van der Waals surface area (Å²) in [5, 5.41) is 0. The van der Waals surface area contributed by atoms with Gasteiger partial charge in [-0.1, -0.05) is 0 Å². The Bertz CT molecular complexity index is 136. The van der Waals surface area contributed by atoms with E-state index in [4.69, 9.17) is 15.4 Å². The van der Waals surface area contributed by atoms with Gasteiger partial charge in [0.15, 0.2) is 0 Å². The molecule has 0 atom stereocenters. The predicted octanol–water partition coefficient (Wildman–Crippen LogP) is 2.06. The molecule has 6 heteroatoms. The second kappa shape index (κ2) is 7.83. The summed E-state index contributed by atoms with van der Waals surface area (Å²) < 4.78 is 28.5. The van der Waals surface area contributed by atoms with Crippen molar-refractivity contribution < 1.29 is 15.4 Å². The van der Waals surface area contributed by atoms with Gasteiger partial charge < -0.3 is 0 Å². The molecule has 0 saturated carbocycles. The van der Waals surface area contributed by atoms with Crippen molar-refractivity contribution in [3.63, 3.8) is 0 Å². The fourth-order valence-electron chi connectivity index (χ4n) is 1.60. The Morgan fingerprint density at radius 2 is 0.688 bits per heavy atom. The zero-order valence-corrected chi connectivity index (χ0v) is 13.9. The molecular weight excluding hydrogens is 319 g/mol. The van der Waals surface area contributed by atoms with Crippen LogP contribution in [0.1, 0.15) is 34.6 Å². The van der Waals surface area contributed by atoms with Crippen molar-refractivity contribution in [3.05, 3.63) is 0 Å². The van der Waals surface area contributed by atoms with Gasteiger partial charge in [0, 0.05) is 0 Å². The van der Waals surface area contributed by atoms with Crippen molar-refractivity contribution >= 4 is 19.1 Å². The summed E-state index contributed by atoms with van der Waals surface area (Å²) in [6.45, 7) is 11.6. The predicted molar refractivity (Wildman–Crippen MR) is 63.9 cm³/mol. The van der Waals surface area contributed by atoms with E-state index in [1.165, 1.54) is 0 Å². The molecule has 0 saturated heterocycles. The average Bonchev–Trinajstić information content (AvgIpc) is 2.19. The third kappa shape index (κ3) is 4.12. The van der Waals surface area contributed by atoms with Crippen LogP contribution in [0.5, 0.6) is 0 Å². The van der Waals surface area contributed by atoms with Gasteiger partial charge in [-0.25, -0.2) is 0 Å². The van der Waals surface area contributed by atoms with E-state index >= 15 is 0 Å². The standard InChI is InChI=1S/5C2H5O.Sn/c5*1-2-3;/h5*2H2,1H3;/q5*-1;+4. The van der Waals surface area contributed by atoms with Crippen molar-refractivity contribution in [1.82, 2.24) is 0 Å². The molecular formula is C10H25O5Sn-. The third-order valence-corrected chi connectivity index (χ3v) is 12.7. The van der Waals surface area contributed by atoms with Gasteiger partial charge in [0.05, 0.1) is 0 Å². The Labute approximate surface area is 102 Å². The first kappa shape index (κ1) is 16.6. The summed E-state index contributed by atoms with van der Waals surface area (Å²) in [6.07, 6.45) is 0. The molecule has 0 fully saturated rings. The van der Waals surface area contributed by atoms with Gasteiger partial charge in [-0.2, -0.15) is 0 Å². The van der Waals surface area contributed by atoms with Gasteiger partial charge in [0.2, 0.25) is 0 Å². The van der Waals surface area contributed by atoms with Crippen LogP contribution in [-0.2, 0) is 15.4 Å². The van der Waals surface area contributed by atoms with Crippen LogP contribution in [0.2, 0.25) is 0 Å². The molecule has 0 heterocycles. The molecule has 0 unspecified atom stereocenters. The molecule has 0 rings (SSSR count). The number of hydrogen-bond acceptors (Lipinski definition) is 5. The molecule has 100 valence electrons. The van der Waals surface area contributed by atoms with Crippen LogP contribution in [0.25, 0.3) is 0 Å². The molecule has 0 aromatic rings. The van der Waals surface area contributed by atoms with E-state index < -0.39 is 19.1 Å². The van der Waals surface area contributed by atoms with Crippen molar-refractivity contribution in [2.45, 2.75) is 34.6 Å². The SMILES string of the molecule is CC[O][Sn-]([O]CC)([O]CC)([O]CC)[O]CC. The molecule has 0 aliphatic heterocycles. The maximum atomic E-state index is 5.70. The van der Waals surface area contributed by atoms with Gasteiger partial charge in [-0.05, 0) is 0 Å². The van der Waals surface area contributed by atoms with E-state index in [0.29, 0.717) is 33.0 Å². The molecule has 0 spiro atoms. The first-order chi connectivity index (χ1) is 7.62. The Kier molecular flexibility index (Phi) is 8.13. The summed E-state index contributed by atoms with van der Waals surface area (Å²) in [6, 6.07) is 0. The third-order valence-electron chi connectivity index (χ3n) is 1.90. The first-order valence-corrected chi connectivity index (χ1v) is 11.8. The van der Waals surface area contributed by atoms with Gasteiger partial charge >= 0.3 is 102 Å². The van der Waals surface area contributed by atoms with Gasteiger partial charge in [-0.3, -0.25) is 0 Å². The van der Waals surface area contributed by atoms with Crippen LogP contribution in [0.4, 0.5) is 0 Å². The number of rotatable bonds is 10. The maximum absolute atomic E-state index is 5.70. The Balaban J connectivity index is 5.09. The topological polar surface area (TPSA) is 46.2 Å². The van der Waals surface area contributed by atoms with Crippen LogP contribution in [0, 0.1) is 0 Å². The summed E-state index contributed by atoms with van der Waals surface area (Å²) in [7, 11) is 0. The van der Waals surface area contributed by atoms with E-state index in [1.807, 2.05) is 34.6 Å². The fraction of sp³-hybridized carbons (Fsp3) is 1.00. The quantitative estimate of drug-likeness (QED) is 0.568. The normalized spacial score (nSPS) is 14.7. The molecule has 0 aromatic heterocycles. The number of hydrogen-bond donors (Lipinski definition) is 0. The summed E-state index contributed by atoms with van der Waals surface area (Å²) in [5.74, 6) is 0. The van der Waals surface area contributed by atoms with Crippen molar-refractivity contribution in [3.8, 4) is 0 Å². The minimum absolute atomic E-state index is 0.450. The van der Waals surface area contributed by atoms with Gasteiger partial charge in [-0.15, -0.1) is 0 Å². The second-order valence-electron chi connectivity index (χ2n) is 3.00. The Hall–Kier alpha value is 0.599. The summed E-state index contributed by atoms with van der Waals surface area (Å²) >= 11 is -4.81. The molecule has 0 aliphatic carbocycles. The monoisotopic (exact) mass is 345 g/mol. The summed E-state index contributed by atoms with van der Waals surface area (Å²) in [5.41, 5.74) is 0. The molecule has 0 bridgehead atoms.